The first-order valence-corrected chi connectivity index (χ1v) is 11.7. The quantitative estimate of drug-likeness (QED) is 0.433. The van der Waals surface area contributed by atoms with E-state index in [9.17, 15) is 9.59 Å². The van der Waals surface area contributed by atoms with E-state index in [1.54, 1.807) is 16.3 Å². The topological polar surface area (TPSA) is 81.3 Å². The number of nitrogens with zero attached hydrogens (tertiary/aromatic N) is 4. The highest BCUT2D eigenvalue weighted by Crippen LogP contribution is 2.25. The minimum absolute atomic E-state index is 0.0522. The number of rotatable bonds is 7. The van der Waals surface area contributed by atoms with Crippen LogP contribution in [0.3, 0.4) is 0 Å². The fraction of sp³-hybridized carbons (Fsp3) is 0.333. The van der Waals surface area contributed by atoms with Crippen molar-refractivity contribution in [3.63, 3.8) is 0 Å². The summed E-state index contributed by atoms with van der Waals surface area (Å²) in [4.78, 5) is 25.5. The molecule has 0 saturated carbocycles. The van der Waals surface area contributed by atoms with Gasteiger partial charge in [0, 0.05) is 24.8 Å². The maximum Gasteiger partial charge on any atom is 0.262 e. The number of thioether (sulfide) groups is 1. The van der Waals surface area contributed by atoms with E-state index in [4.69, 9.17) is 0 Å². The number of benzene rings is 2. The number of amides is 1. The third-order valence-electron chi connectivity index (χ3n) is 5.23. The van der Waals surface area contributed by atoms with Crippen LogP contribution in [0.4, 0.5) is 0 Å². The molecule has 0 atom stereocenters. The highest BCUT2D eigenvalue weighted by Gasteiger charge is 2.18. The normalized spacial score (nSPS) is 11.5. The number of fused-ring (bicyclic) bond motifs is 3. The van der Waals surface area contributed by atoms with Crippen LogP contribution >= 0.6 is 11.8 Å². The van der Waals surface area contributed by atoms with Crippen LogP contribution in [0, 0.1) is 13.8 Å². The van der Waals surface area contributed by atoms with Crippen molar-refractivity contribution in [1.82, 2.24) is 24.5 Å². The van der Waals surface area contributed by atoms with Crippen molar-refractivity contribution >= 4 is 34.3 Å². The van der Waals surface area contributed by atoms with Gasteiger partial charge in [0.05, 0.1) is 10.9 Å². The lowest BCUT2D eigenvalue weighted by Crippen LogP contribution is -2.32. The Morgan fingerprint density at radius 3 is 2.50 bits per heavy atom. The largest absolute Gasteiger partial charge is 0.354 e. The molecule has 0 radical (unpaired) electrons. The first-order chi connectivity index (χ1) is 15.3. The predicted molar refractivity (Wildman–Crippen MR) is 128 cm³/mol. The molecule has 0 aliphatic carbocycles. The van der Waals surface area contributed by atoms with Crippen LogP contribution in [0.5, 0.6) is 0 Å². The molecule has 8 heteroatoms. The van der Waals surface area contributed by atoms with Gasteiger partial charge < -0.3 is 5.32 Å². The number of aryl methyl sites for hydroxylation is 3. The molecule has 166 valence electrons. The molecular formula is C24H27N5O2S. The lowest BCUT2D eigenvalue weighted by molar-refractivity contribution is -0.121. The molecule has 1 amide bonds. The first kappa shape index (κ1) is 22.1. The summed E-state index contributed by atoms with van der Waals surface area (Å²) >= 11 is 1.58. The monoisotopic (exact) mass is 449 g/mol. The highest BCUT2D eigenvalue weighted by molar-refractivity contribution is 7.98. The van der Waals surface area contributed by atoms with Gasteiger partial charge in [0.1, 0.15) is 0 Å². The molecule has 4 aromatic rings. The lowest BCUT2D eigenvalue weighted by atomic mass is 10.1. The van der Waals surface area contributed by atoms with Crippen LogP contribution < -0.4 is 10.9 Å². The van der Waals surface area contributed by atoms with Crippen LogP contribution in [0.2, 0.25) is 0 Å². The van der Waals surface area contributed by atoms with Crippen molar-refractivity contribution in [2.45, 2.75) is 57.6 Å². The molecule has 32 heavy (non-hydrogen) atoms. The van der Waals surface area contributed by atoms with Crippen molar-refractivity contribution < 1.29 is 4.79 Å². The van der Waals surface area contributed by atoms with Crippen LogP contribution in [0.15, 0.2) is 52.4 Å². The summed E-state index contributed by atoms with van der Waals surface area (Å²) in [6.45, 7) is 8.10. The standard InChI is InChI=1S/C24H27N5O2S/c1-15(2)25-21(30)11-12-28-22(31)19-13-17(4)7-10-20(19)29-23(28)26-27-24(29)32-14-18-8-5-16(3)6-9-18/h5-10,13,15H,11-12,14H2,1-4H3,(H,25,30). The second-order valence-corrected chi connectivity index (χ2v) is 9.28. The lowest BCUT2D eigenvalue weighted by Gasteiger charge is -2.13. The van der Waals surface area contributed by atoms with Crippen molar-refractivity contribution in [3.8, 4) is 0 Å². The van der Waals surface area contributed by atoms with Gasteiger partial charge in [0.2, 0.25) is 11.7 Å². The summed E-state index contributed by atoms with van der Waals surface area (Å²) < 4.78 is 3.49. The molecule has 0 aliphatic heterocycles. The highest BCUT2D eigenvalue weighted by atomic mass is 32.2. The van der Waals surface area contributed by atoms with Gasteiger partial charge in [-0.05, 0) is 45.4 Å². The molecule has 0 unspecified atom stereocenters. The van der Waals surface area contributed by atoms with Gasteiger partial charge in [0.15, 0.2) is 5.16 Å². The molecular weight excluding hydrogens is 422 g/mol. The molecule has 2 heterocycles. The zero-order valence-corrected chi connectivity index (χ0v) is 19.6. The molecule has 7 nitrogen and oxygen atoms in total. The molecule has 0 spiro atoms. The zero-order chi connectivity index (χ0) is 22.8. The fourth-order valence-electron chi connectivity index (χ4n) is 3.63. The summed E-state index contributed by atoms with van der Waals surface area (Å²) in [5, 5.41) is 12.9. The Balaban J connectivity index is 1.75. The maximum absolute atomic E-state index is 13.3. The zero-order valence-electron chi connectivity index (χ0n) is 18.8. The third-order valence-corrected chi connectivity index (χ3v) is 6.23. The number of aromatic nitrogens is 4. The minimum atomic E-state index is -0.156. The van der Waals surface area contributed by atoms with E-state index in [2.05, 4.69) is 46.7 Å². The number of carbonyl (C=O) groups excluding carboxylic acids is 1. The van der Waals surface area contributed by atoms with Crippen molar-refractivity contribution in [2.75, 3.05) is 0 Å². The molecule has 2 aromatic heterocycles. The van der Waals surface area contributed by atoms with E-state index in [1.165, 1.54) is 11.1 Å². The van der Waals surface area contributed by atoms with Crippen LogP contribution in [-0.2, 0) is 17.1 Å². The molecule has 0 aliphatic rings. The second-order valence-electron chi connectivity index (χ2n) is 8.34. The molecule has 0 saturated heterocycles. The van der Waals surface area contributed by atoms with E-state index >= 15 is 0 Å². The summed E-state index contributed by atoms with van der Waals surface area (Å²) in [5.74, 6) is 1.10. The van der Waals surface area contributed by atoms with Crippen molar-refractivity contribution in [1.29, 1.82) is 0 Å². The van der Waals surface area contributed by atoms with E-state index in [0.29, 0.717) is 11.2 Å². The van der Waals surface area contributed by atoms with Crippen molar-refractivity contribution in [2.24, 2.45) is 0 Å². The Labute approximate surface area is 190 Å². The third kappa shape index (κ3) is 4.55. The van der Waals surface area contributed by atoms with E-state index in [-0.39, 0.29) is 30.5 Å². The van der Waals surface area contributed by atoms with Crippen LogP contribution in [0.1, 0.15) is 37.0 Å². The summed E-state index contributed by atoms with van der Waals surface area (Å²) in [7, 11) is 0. The van der Waals surface area contributed by atoms with Gasteiger partial charge in [-0.1, -0.05) is 53.2 Å². The van der Waals surface area contributed by atoms with Gasteiger partial charge in [-0.3, -0.25) is 18.6 Å². The number of nitrogens with one attached hydrogen (secondary N) is 1. The van der Waals surface area contributed by atoms with Gasteiger partial charge in [-0.25, -0.2) is 0 Å². The van der Waals surface area contributed by atoms with E-state index in [1.807, 2.05) is 43.4 Å². The summed E-state index contributed by atoms with van der Waals surface area (Å²) in [5.41, 5.74) is 4.03. The van der Waals surface area contributed by atoms with Crippen molar-refractivity contribution in [3.05, 3.63) is 69.5 Å². The number of hydrogen-bond acceptors (Lipinski definition) is 5. The predicted octanol–water partition coefficient (Wildman–Crippen LogP) is 3.87. The molecule has 0 bridgehead atoms. The first-order valence-electron chi connectivity index (χ1n) is 10.7. The fourth-order valence-corrected chi connectivity index (χ4v) is 4.53. The Morgan fingerprint density at radius 1 is 1.06 bits per heavy atom. The van der Waals surface area contributed by atoms with E-state index < -0.39 is 0 Å². The van der Waals surface area contributed by atoms with Crippen LogP contribution in [0.25, 0.3) is 16.7 Å². The Kier molecular flexibility index (Phi) is 6.32. The maximum atomic E-state index is 13.3. The van der Waals surface area contributed by atoms with Gasteiger partial charge in [0.25, 0.3) is 5.56 Å². The average molecular weight is 450 g/mol. The SMILES string of the molecule is Cc1ccc(CSc2nnc3n(CCC(=O)NC(C)C)c(=O)c4cc(C)ccc4n23)cc1. The molecule has 1 N–H and O–H groups in total. The Morgan fingerprint density at radius 2 is 1.78 bits per heavy atom. The Bertz CT molecular complexity index is 1340. The molecule has 4 rings (SSSR count). The number of carbonyl (C=O) groups is 1. The van der Waals surface area contributed by atoms with Gasteiger partial charge in [-0.2, -0.15) is 0 Å². The van der Waals surface area contributed by atoms with E-state index in [0.717, 1.165) is 22.0 Å². The average Bonchev–Trinajstić information content (AvgIpc) is 3.16. The summed E-state index contributed by atoms with van der Waals surface area (Å²) in [6, 6.07) is 14.3. The minimum Gasteiger partial charge on any atom is -0.354 e. The van der Waals surface area contributed by atoms with Gasteiger partial charge in [-0.15, -0.1) is 10.2 Å². The second kappa shape index (κ2) is 9.16. The van der Waals surface area contributed by atoms with Crippen LogP contribution in [-0.4, -0.2) is 31.1 Å². The number of hydrogen-bond donors (Lipinski definition) is 1. The summed E-state index contributed by atoms with van der Waals surface area (Å²) in [6.07, 6.45) is 0.198. The molecule has 2 aromatic carbocycles. The molecule has 0 fully saturated rings. The Hall–Kier alpha value is -3.13. The smallest absolute Gasteiger partial charge is 0.262 e. The van der Waals surface area contributed by atoms with Gasteiger partial charge >= 0.3 is 0 Å².